The standard InChI is InChI=1S/C20H19Cl2N3O2S/c1-12-3-6-18-24-15(8-20(27)25(18)9-12)10-28-11-19(26)23-13(2)16-5-4-14(21)7-17(16)22/h3-9,13H,10-11H2,1-2H3,(H,23,26)/t13-/m1/s1. The molecular formula is C20H19Cl2N3O2S. The molecule has 0 radical (unpaired) electrons. The number of rotatable bonds is 6. The van der Waals surface area contributed by atoms with Crippen molar-refractivity contribution in [2.75, 3.05) is 5.75 Å². The number of amides is 1. The normalized spacial score (nSPS) is 12.1. The van der Waals surface area contributed by atoms with E-state index >= 15 is 0 Å². The first-order valence-electron chi connectivity index (χ1n) is 8.64. The highest BCUT2D eigenvalue weighted by Crippen LogP contribution is 2.26. The minimum Gasteiger partial charge on any atom is -0.349 e. The lowest BCUT2D eigenvalue weighted by molar-refractivity contribution is -0.119. The van der Waals surface area contributed by atoms with E-state index in [0.29, 0.717) is 27.1 Å². The van der Waals surface area contributed by atoms with Crippen LogP contribution in [0.1, 0.15) is 29.8 Å². The van der Waals surface area contributed by atoms with Gasteiger partial charge in [-0.2, -0.15) is 0 Å². The van der Waals surface area contributed by atoms with Gasteiger partial charge in [-0.15, -0.1) is 11.8 Å². The lowest BCUT2D eigenvalue weighted by Crippen LogP contribution is -2.28. The van der Waals surface area contributed by atoms with E-state index in [4.69, 9.17) is 23.2 Å². The monoisotopic (exact) mass is 435 g/mol. The molecule has 0 fully saturated rings. The second kappa shape index (κ2) is 8.99. The van der Waals surface area contributed by atoms with Crippen molar-refractivity contribution >= 4 is 46.5 Å². The van der Waals surface area contributed by atoms with Crippen LogP contribution in [0.25, 0.3) is 5.65 Å². The second-order valence-corrected chi connectivity index (χ2v) is 8.30. The van der Waals surface area contributed by atoms with E-state index in [2.05, 4.69) is 10.3 Å². The highest BCUT2D eigenvalue weighted by Gasteiger charge is 2.13. The molecule has 8 heteroatoms. The third-order valence-electron chi connectivity index (χ3n) is 4.15. The molecule has 2 heterocycles. The van der Waals surface area contributed by atoms with Crippen molar-refractivity contribution in [3.63, 3.8) is 0 Å². The Balaban J connectivity index is 1.57. The number of hydrogen-bond donors (Lipinski definition) is 1. The summed E-state index contributed by atoms with van der Waals surface area (Å²) in [4.78, 5) is 28.9. The van der Waals surface area contributed by atoms with Gasteiger partial charge < -0.3 is 5.32 Å². The van der Waals surface area contributed by atoms with Crippen LogP contribution < -0.4 is 10.9 Å². The summed E-state index contributed by atoms with van der Waals surface area (Å²) in [5.41, 5.74) is 2.93. The van der Waals surface area contributed by atoms with E-state index in [9.17, 15) is 9.59 Å². The molecule has 1 N–H and O–H groups in total. The molecule has 0 aliphatic carbocycles. The lowest BCUT2D eigenvalue weighted by Gasteiger charge is -2.16. The van der Waals surface area contributed by atoms with Gasteiger partial charge in [-0.1, -0.05) is 35.3 Å². The van der Waals surface area contributed by atoms with E-state index in [-0.39, 0.29) is 23.3 Å². The number of hydrogen-bond acceptors (Lipinski definition) is 4. The Morgan fingerprint density at radius 1 is 1.25 bits per heavy atom. The van der Waals surface area contributed by atoms with E-state index in [0.717, 1.165) is 11.1 Å². The minimum atomic E-state index is -0.232. The van der Waals surface area contributed by atoms with Gasteiger partial charge in [0.25, 0.3) is 5.56 Å². The van der Waals surface area contributed by atoms with Crippen molar-refractivity contribution in [3.8, 4) is 0 Å². The quantitative estimate of drug-likeness (QED) is 0.622. The number of nitrogens with one attached hydrogen (secondary N) is 1. The van der Waals surface area contributed by atoms with Gasteiger partial charge in [-0.05, 0) is 43.2 Å². The average Bonchev–Trinajstić information content (AvgIpc) is 2.62. The van der Waals surface area contributed by atoms with E-state index in [1.165, 1.54) is 22.2 Å². The topological polar surface area (TPSA) is 63.5 Å². The second-order valence-electron chi connectivity index (χ2n) is 6.47. The Labute approximate surface area is 177 Å². The van der Waals surface area contributed by atoms with E-state index in [1.807, 2.05) is 26.0 Å². The third-order valence-corrected chi connectivity index (χ3v) is 5.68. The summed E-state index contributed by atoms with van der Waals surface area (Å²) in [6, 6.07) is 10.2. The summed E-state index contributed by atoms with van der Waals surface area (Å²) in [6.45, 7) is 3.79. The first kappa shape index (κ1) is 20.7. The van der Waals surface area contributed by atoms with Crippen molar-refractivity contribution in [1.82, 2.24) is 14.7 Å². The largest absolute Gasteiger partial charge is 0.349 e. The van der Waals surface area contributed by atoms with Crippen LogP contribution in [-0.4, -0.2) is 21.0 Å². The van der Waals surface area contributed by atoms with Crippen LogP contribution in [0.2, 0.25) is 10.0 Å². The van der Waals surface area contributed by atoms with Crippen molar-refractivity contribution in [3.05, 3.63) is 79.8 Å². The van der Waals surface area contributed by atoms with Crippen LogP contribution in [0.5, 0.6) is 0 Å². The van der Waals surface area contributed by atoms with Crippen LogP contribution in [0.15, 0.2) is 47.4 Å². The maximum absolute atomic E-state index is 12.2. The molecule has 0 aliphatic heterocycles. The molecule has 0 aliphatic rings. The van der Waals surface area contributed by atoms with Crippen molar-refractivity contribution in [2.24, 2.45) is 0 Å². The van der Waals surface area contributed by atoms with Gasteiger partial charge in [0.2, 0.25) is 5.91 Å². The number of aryl methyl sites for hydroxylation is 1. The van der Waals surface area contributed by atoms with Gasteiger partial charge >= 0.3 is 0 Å². The molecule has 0 spiro atoms. The Morgan fingerprint density at radius 3 is 2.79 bits per heavy atom. The van der Waals surface area contributed by atoms with E-state index in [1.54, 1.807) is 24.4 Å². The van der Waals surface area contributed by atoms with Gasteiger partial charge in [0.15, 0.2) is 0 Å². The minimum absolute atomic E-state index is 0.114. The van der Waals surface area contributed by atoms with Crippen LogP contribution in [0.4, 0.5) is 0 Å². The Hall–Kier alpha value is -2.02. The summed E-state index contributed by atoms with van der Waals surface area (Å²) >= 11 is 13.5. The molecule has 1 amide bonds. The zero-order valence-corrected chi connectivity index (χ0v) is 17.7. The highest BCUT2D eigenvalue weighted by atomic mass is 35.5. The predicted molar refractivity (Wildman–Crippen MR) is 115 cm³/mol. The number of benzene rings is 1. The lowest BCUT2D eigenvalue weighted by atomic mass is 10.1. The number of thioether (sulfide) groups is 1. The molecule has 5 nitrogen and oxygen atoms in total. The Kier molecular flexibility index (Phi) is 6.65. The van der Waals surface area contributed by atoms with Crippen molar-refractivity contribution in [2.45, 2.75) is 25.6 Å². The molecule has 1 atom stereocenters. The first-order valence-corrected chi connectivity index (χ1v) is 10.6. The summed E-state index contributed by atoms with van der Waals surface area (Å²) in [7, 11) is 0. The summed E-state index contributed by atoms with van der Waals surface area (Å²) in [6.07, 6.45) is 1.76. The van der Waals surface area contributed by atoms with Crippen LogP contribution >= 0.6 is 35.0 Å². The molecule has 28 heavy (non-hydrogen) atoms. The van der Waals surface area contributed by atoms with Crippen LogP contribution in [-0.2, 0) is 10.5 Å². The molecule has 2 aromatic heterocycles. The van der Waals surface area contributed by atoms with Crippen LogP contribution in [0, 0.1) is 6.92 Å². The van der Waals surface area contributed by atoms with Gasteiger partial charge in [0, 0.05) is 28.1 Å². The number of carbonyl (C=O) groups excluding carboxylic acids is 1. The average molecular weight is 436 g/mol. The molecule has 3 aromatic rings. The maximum Gasteiger partial charge on any atom is 0.258 e. The smallest absolute Gasteiger partial charge is 0.258 e. The SMILES string of the molecule is Cc1ccc2nc(CSCC(=O)N[C@H](C)c3ccc(Cl)cc3Cl)cc(=O)n2c1. The molecule has 0 unspecified atom stereocenters. The number of pyridine rings is 1. The third kappa shape index (κ3) is 5.07. The fraction of sp³-hybridized carbons (Fsp3) is 0.250. The molecule has 3 rings (SSSR count). The van der Waals surface area contributed by atoms with Crippen molar-refractivity contribution < 1.29 is 4.79 Å². The first-order chi connectivity index (χ1) is 13.3. The zero-order chi connectivity index (χ0) is 20.3. The number of nitrogens with zero attached hydrogens (tertiary/aromatic N) is 2. The summed E-state index contributed by atoms with van der Waals surface area (Å²) in [5.74, 6) is 0.616. The zero-order valence-electron chi connectivity index (χ0n) is 15.4. The molecule has 1 aromatic carbocycles. The molecule has 0 bridgehead atoms. The van der Waals surface area contributed by atoms with Gasteiger partial charge in [-0.3, -0.25) is 14.0 Å². The molecule has 0 saturated heterocycles. The molecule has 146 valence electrons. The van der Waals surface area contributed by atoms with Gasteiger partial charge in [0.05, 0.1) is 17.5 Å². The predicted octanol–water partition coefficient (Wildman–Crippen LogP) is 4.42. The van der Waals surface area contributed by atoms with Crippen molar-refractivity contribution in [1.29, 1.82) is 0 Å². The maximum atomic E-state index is 12.2. The van der Waals surface area contributed by atoms with Gasteiger partial charge in [-0.25, -0.2) is 4.98 Å². The van der Waals surface area contributed by atoms with Crippen LogP contribution in [0.3, 0.4) is 0 Å². The Bertz CT molecular complexity index is 1080. The summed E-state index contributed by atoms with van der Waals surface area (Å²) in [5, 5.41) is 3.99. The fourth-order valence-electron chi connectivity index (χ4n) is 2.79. The molecular weight excluding hydrogens is 417 g/mol. The number of halogens is 2. The molecule has 0 saturated carbocycles. The number of fused-ring (bicyclic) bond motifs is 1. The Morgan fingerprint density at radius 2 is 2.04 bits per heavy atom. The van der Waals surface area contributed by atoms with Gasteiger partial charge in [0.1, 0.15) is 5.65 Å². The number of carbonyl (C=O) groups is 1. The summed E-state index contributed by atoms with van der Waals surface area (Å²) < 4.78 is 1.52. The fourth-order valence-corrected chi connectivity index (χ4v) is 4.09. The number of aromatic nitrogens is 2. The van der Waals surface area contributed by atoms with E-state index < -0.39 is 0 Å². The highest BCUT2D eigenvalue weighted by molar-refractivity contribution is 7.99.